The van der Waals surface area contributed by atoms with Gasteiger partial charge < -0.3 is 4.90 Å². The number of hydrogen-bond donors (Lipinski definition) is 2. The van der Waals surface area contributed by atoms with Crippen LogP contribution in [0.1, 0.15) is 33.1 Å². The molecule has 3 atom stereocenters. The molecule has 4 nitrogen and oxygen atoms in total. The number of rotatable bonds is 2. The summed E-state index contributed by atoms with van der Waals surface area (Å²) in [7, 11) is 0. The van der Waals surface area contributed by atoms with Crippen LogP contribution in [0.2, 0.25) is 0 Å². The topological polar surface area (TPSA) is 56.2 Å². The van der Waals surface area contributed by atoms with Gasteiger partial charge in [0.25, 0.3) is 0 Å². The number of amides is 2. The smallest absolute Gasteiger partial charge is 0.308 e. The van der Waals surface area contributed by atoms with Crippen LogP contribution < -0.4 is 5.32 Å². The zero-order chi connectivity index (χ0) is 12.6. The minimum absolute atomic E-state index is 0.142. The van der Waals surface area contributed by atoms with Crippen molar-refractivity contribution in [3.63, 3.8) is 0 Å². The summed E-state index contributed by atoms with van der Waals surface area (Å²) in [6, 6.07) is -0.142. The molecule has 2 fully saturated rings. The van der Waals surface area contributed by atoms with E-state index < -0.39 is 5.54 Å². The van der Waals surface area contributed by atoms with Gasteiger partial charge in [-0.15, -0.1) is 6.58 Å². The summed E-state index contributed by atoms with van der Waals surface area (Å²) < 4.78 is 0. The molecule has 4 heteroatoms. The molecule has 2 amide bonds. The molecule has 2 N–H and O–H groups in total. The van der Waals surface area contributed by atoms with Crippen molar-refractivity contribution in [2.75, 3.05) is 6.54 Å². The van der Waals surface area contributed by atoms with Crippen molar-refractivity contribution >= 4 is 11.9 Å². The summed E-state index contributed by atoms with van der Waals surface area (Å²) in [5.74, 6) is 1.39. The van der Waals surface area contributed by atoms with Gasteiger partial charge in [0.15, 0.2) is 0 Å². The van der Waals surface area contributed by atoms with Crippen molar-refractivity contribution < 1.29 is 4.79 Å². The van der Waals surface area contributed by atoms with E-state index in [9.17, 15) is 4.79 Å². The van der Waals surface area contributed by atoms with Crippen LogP contribution in [0.25, 0.3) is 0 Å². The molecule has 0 aromatic heterocycles. The van der Waals surface area contributed by atoms with E-state index in [4.69, 9.17) is 5.41 Å². The van der Waals surface area contributed by atoms with Gasteiger partial charge >= 0.3 is 6.03 Å². The van der Waals surface area contributed by atoms with E-state index in [0.29, 0.717) is 24.2 Å². The van der Waals surface area contributed by atoms with Crippen molar-refractivity contribution in [2.24, 2.45) is 11.8 Å². The lowest BCUT2D eigenvalue weighted by Crippen LogP contribution is -2.56. The van der Waals surface area contributed by atoms with Crippen LogP contribution >= 0.6 is 0 Å². The molecule has 1 aliphatic heterocycles. The van der Waals surface area contributed by atoms with E-state index in [1.54, 1.807) is 11.0 Å². The summed E-state index contributed by atoms with van der Waals surface area (Å²) >= 11 is 0. The maximum Gasteiger partial charge on any atom is 0.323 e. The monoisotopic (exact) mass is 235 g/mol. The quantitative estimate of drug-likeness (QED) is 0.709. The number of carbonyl (C=O) groups is 1. The zero-order valence-electron chi connectivity index (χ0n) is 10.6. The van der Waals surface area contributed by atoms with Gasteiger partial charge in [0.1, 0.15) is 11.4 Å². The van der Waals surface area contributed by atoms with Crippen LogP contribution in [-0.4, -0.2) is 28.9 Å². The van der Waals surface area contributed by atoms with Crippen LogP contribution in [0.15, 0.2) is 12.7 Å². The predicted octanol–water partition coefficient (Wildman–Crippen LogP) is 2.37. The van der Waals surface area contributed by atoms with Crippen molar-refractivity contribution in [1.82, 2.24) is 10.2 Å². The zero-order valence-corrected chi connectivity index (χ0v) is 10.6. The fourth-order valence-electron chi connectivity index (χ4n) is 3.38. The number of hydrogen-bond acceptors (Lipinski definition) is 2. The molecular weight excluding hydrogens is 214 g/mol. The second-order valence-corrected chi connectivity index (χ2v) is 5.41. The molecule has 0 radical (unpaired) electrons. The highest BCUT2D eigenvalue weighted by molar-refractivity contribution is 6.08. The van der Waals surface area contributed by atoms with Gasteiger partial charge in [-0.2, -0.15) is 0 Å². The Morgan fingerprint density at radius 3 is 2.94 bits per heavy atom. The van der Waals surface area contributed by atoms with Gasteiger partial charge in [-0.1, -0.05) is 19.9 Å². The number of amidine groups is 1. The van der Waals surface area contributed by atoms with Gasteiger partial charge in [-0.05, 0) is 31.1 Å². The predicted molar refractivity (Wildman–Crippen MR) is 68.1 cm³/mol. The third-order valence-electron chi connectivity index (χ3n) is 4.29. The van der Waals surface area contributed by atoms with E-state index in [0.717, 1.165) is 19.3 Å². The first-order valence-corrected chi connectivity index (χ1v) is 6.31. The lowest BCUT2D eigenvalue weighted by Gasteiger charge is -2.46. The van der Waals surface area contributed by atoms with E-state index in [1.165, 1.54) is 0 Å². The van der Waals surface area contributed by atoms with Gasteiger partial charge in [0, 0.05) is 6.54 Å². The van der Waals surface area contributed by atoms with E-state index in [-0.39, 0.29) is 6.03 Å². The average molecular weight is 235 g/mol. The largest absolute Gasteiger partial charge is 0.323 e. The molecule has 3 unspecified atom stereocenters. The van der Waals surface area contributed by atoms with Crippen molar-refractivity contribution in [3.05, 3.63) is 12.7 Å². The Hall–Kier alpha value is -1.32. The number of carbonyl (C=O) groups excluding carboxylic acids is 1. The van der Waals surface area contributed by atoms with Gasteiger partial charge in [0.2, 0.25) is 0 Å². The summed E-state index contributed by atoms with van der Waals surface area (Å²) in [6.07, 6.45) is 4.78. The highest BCUT2D eigenvalue weighted by atomic mass is 16.2. The molecule has 0 bridgehead atoms. The molecule has 1 saturated heterocycles. The van der Waals surface area contributed by atoms with Gasteiger partial charge in [0.05, 0.1) is 0 Å². The van der Waals surface area contributed by atoms with E-state index >= 15 is 0 Å². The maximum absolute atomic E-state index is 11.9. The first-order valence-electron chi connectivity index (χ1n) is 6.31. The molecular formula is C13H21N3O. The van der Waals surface area contributed by atoms with Crippen molar-refractivity contribution in [3.8, 4) is 0 Å². The molecule has 1 heterocycles. The molecule has 1 aliphatic carbocycles. The van der Waals surface area contributed by atoms with Crippen LogP contribution in [0, 0.1) is 17.2 Å². The molecule has 0 aromatic carbocycles. The molecule has 2 aliphatic rings. The maximum atomic E-state index is 11.9. The Balaban J connectivity index is 2.34. The lowest BCUT2D eigenvalue weighted by molar-refractivity contribution is 0.0948. The van der Waals surface area contributed by atoms with Gasteiger partial charge in [-0.3, -0.25) is 10.7 Å². The Morgan fingerprint density at radius 2 is 2.35 bits per heavy atom. The summed E-state index contributed by atoms with van der Waals surface area (Å²) in [4.78, 5) is 13.7. The lowest BCUT2D eigenvalue weighted by atomic mass is 9.69. The Kier molecular flexibility index (Phi) is 2.98. The molecule has 1 saturated carbocycles. The average Bonchev–Trinajstić information content (AvgIpc) is 2.49. The number of nitrogens with zero attached hydrogens (tertiary/aromatic N) is 1. The number of urea groups is 1. The molecule has 17 heavy (non-hydrogen) atoms. The van der Waals surface area contributed by atoms with Gasteiger partial charge in [-0.25, -0.2) is 4.79 Å². The Bertz CT molecular complexity index is 366. The summed E-state index contributed by atoms with van der Waals surface area (Å²) in [5.41, 5.74) is -0.405. The Labute approximate surface area is 103 Å². The normalized spacial score (nSPS) is 37.4. The van der Waals surface area contributed by atoms with Crippen molar-refractivity contribution in [1.29, 1.82) is 5.41 Å². The SMILES string of the molecule is C=CCN1C(=O)NC(=N)C12CCC(C)CC2C. The van der Waals surface area contributed by atoms with Crippen LogP contribution in [-0.2, 0) is 0 Å². The van der Waals surface area contributed by atoms with Crippen LogP contribution in [0.5, 0.6) is 0 Å². The minimum Gasteiger partial charge on any atom is -0.308 e. The highest BCUT2D eigenvalue weighted by Gasteiger charge is 2.54. The second-order valence-electron chi connectivity index (χ2n) is 5.41. The fraction of sp³-hybridized carbons (Fsp3) is 0.692. The molecule has 0 aromatic rings. The summed E-state index contributed by atoms with van der Waals surface area (Å²) in [5, 5.41) is 10.8. The first-order chi connectivity index (χ1) is 8.02. The third-order valence-corrected chi connectivity index (χ3v) is 4.29. The Morgan fingerprint density at radius 1 is 1.65 bits per heavy atom. The summed E-state index contributed by atoms with van der Waals surface area (Å²) in [6.45, 7) is 8.63. The van der Waals surface area contributed by atoms with Crippen LogP contribution in [0.3, 0.4) is 0 Å². The first kappa shape index (κ1) is 12.1. The van der Waals surface area contributed by atoms with Crippen LogP contribution in [0.4, 0.5) is 4.79 Å². The van der Waals surface area contributed by atoms with Crippen molar-refractivity contribution in [2.45, 2.75) is 38.6 Å². The molecule has 1 spiro atoms. The number of nitrogens with one attached hydrogen (secondary N) is 2. The second kappa shape index (κ2) is 4.17. The standard InChI is InChI=1S/C13H21N3O/c1-4-7-16-12(17)15-11(14)13(16)6-5-9(2)8-10(13)3/h4,9-10H,1,5-8H2,2-3H3,(H2,14,15,17). The minimum atomic E-state index is -0.405. The van der Waals surface area contributed by atoms with E-state index in [1.807, 2.05) is 0 Å². The molecule has 94 valence electrons. The van der Waals surface area contributed by atoms with E-state index in [2.05, 4.69) is 25.7 Å². The fourth-order valence-corrected chi connectivity index (χ4v) is 3.38. The molecule has 2 rings (SSSR count). The highest BCUT2D eigenvalue weighted by Crippen LogP contribution is 2.43. The third kappa shape index (κ3) is 1.66.